The van der Waals surface area contributed by atoms with Gasteiger partial charge in [-0.3, -0.25) is 0 Å². The second-order valence-electron chi connectivity index (χ2n) is 5.22. The van der Waals surface area contributed by atoms with Gasteiger partial charge in [-0.15, -0.1) is 0 Å². The summed E-state index contributed by atoms with van der Waals surface area (Å²) in [7, 11) is 1.72. The van der Waals surface area contributed by atoms with Gasteiger partial charge in [0.15, 0.2) is 0 Å². The predicted octanol–water partition coefficient (Wildman–Crippen LogP) is 3.18. The Bertz CT molecular complexity index is 423. The van der Waals surface area contributed by atoms with E-state index in [1.54, 1.807) is 13.2 Å². The van der Waals surface area contributed by atoms with E-state index in [0.29, 0.717) is 17.3 Å². The van der Waals surface area contributed by atoms with Crippen LogP contribution in [0.15, 0.2) is 18.2 Å². The van der Waals surface area contributed by atoms with Crippen LogP contribution in [0.3, 0.4) is 0 Å². The minimum absolute atomic E-state index is 0.203. The van der Waals surface area contributed by atoms with E-state index in [9.17, 15) is 4.39 Å². The lowest BCUT2D eigenvalue weighted by Gasteiger charge is -2.41. The molecule has 2 atom stereocenters. The highest BCUT2D eigenvalue weighted by Gasteiger charge is 2.35. The minimum atomic E-state index is -0.346. The third kappa shape index (κ3) is 3.59. The fourth-order valence-electron chi connectivity index (χ4n) is 2.79. The van der Waals surface area contributed by atoms with Crippen molar-refractivity contribution in [1.29, 1.82) is 0 Å². The summed E-state index contributed by atoms with van der Waals surface area (Å²) in [4.78, 5) is 0. The standard InChI is InChI=1S/C14H20ClFN2O/c1-19-13-3-2-4-14(8-13,9-17)18-12-6-10(15)5-11(16)7-12/h5-7,13,18H,2-4,8-9,17H2,1H3. The molecule has 0 aliphatic heterocycles. The van der Waals surface area contributed by atoms with E-state index in [1.165, 1.54) is 12.1 Å². The molecule has 0 amide bonds. The zero-order valence-electron chi connectivity index (χ0n) is 11.1. The molecule has 1 aromatic carbocycles. The molecule has 0 radical (unpaired) electrons. The normalized spacial score (nSPS) is 27.3. The van der Waals surface area contributed by atoms with Gasteiger partial charge < -0.3 is 15.8 Å². The van der Waals surface area contributed by atoms with Crippen LogP contribution in [0.25, 0.3) is 0 Å². The molecule has 3 N–H and O–H groups in total. The highest BCUT2D eigenvalue weighted by molar-refractivity contribution is 6.30. The molecular formula is C14H20ClFN2O. The van der Waals surface area contributed by atoms with Crippen molar-refractivity contribution in [2.75, 3.05) is 19.0 Å². The topological polar surface area (TPSA) is 47.3 Å². The number of ether oxygens (including phenoxy) is 1. The average molecular weight is 287 g/mol. The SMILES string of the molecule is COC1CCCC(CN)(Nc2cc(F)cc(Cl)c2)C1. The van der Waals surface area contributed by atoms with Gasteiger partial charge in [-0.25, -0.2) is 4.39 Å². The van der Waals surface area contributed by atoms with Crippen LogP contribution in [0, 0.1) is 5.82 Å². The molecule has 19 heavy (non-hydrogen) atoms. The van der Waals surface area contributed by atoms with E-state index in [-0.39, 0.29) is 17.5 Å². The fraction of sp³-hybridized carbons (Fsp3) is 0.571. The van der Waals surface area contributed by atoms with Crippen molar-refractivity contribution in [3.8, 4) is 0 Å². The summed E-state index contributed by atoms with van der Waals surface area (Å²) in [6.45, 7) is 0.487. The number of halogens is 2. The van der Waals surface area contributed by atoms with Gasteiger partial charge in [-0.05, 0) is 43.9 Å². The maximum atomic E-state index is 13.4. The van der Waals surface area contributed by atoms with Crippen molar-refractivity contribution >= 4 is 17.3 Å². The van der Waals surface area contributed by atoms with E-state index < -0.39 is 0 Å². The van der Waals surface area contributed by atoms with Gasteiger partial charge in [-0.2, -0.15) is 0 Å². The summed E-state index contributed by atoms with van der Waals surface area (Å²) in [6, 6.07) is 4.46. The van der Waals surface area contributed by atoms with E-state index in [2.05, 4.69) is 5.32 Å². The molecule has 1 aliphatic carbocycles. The minimum Gasteiger partial charge on any atom is -0.381 e. The first-order chi connectivity index (χ1) is 9.07. The zero-order valence-corrected chi connectivity index (χ0v) is 11.8. The van der Waals surface area contributed by atoms with Crippen molar-refractivity contribution in [3.05, 3.63) is 29.0 Å². The summed E-state index contributed by atoms with van der Waals surface area (Å²) in [5.41, 5.74) is 6.37. The van der Waals surface area contributed by atoms with Crippen LogP contribution in [0.4, 0.5) is 10.1 Å². The lowest BCUT2D eigenvalue weighted by molar-refractivity contribution is 0.0483. The number of methoxy groups -OCH3 is 1. The van der Waals surface area contributed by atoms with Crippen molar-refractivity contribution in [1.82, 2.24) is 0 Å². The van der Waals surface area contributed by atoms with Crippen LogP contribution in [0.5, 0.6) is 0 Å². The summed E-state index contributed by atoms with van der Waals surface area (Å²) in [6.07, 6.45) is 4.08. The molecule has 1 aliphatic rings. The number of benzene rings is 1. The van der Waals surface area contributed by atoms with Crippen LogP contribution in [-0.4, -0.2) is 25.3 Å². The molecule has 0 heterocycles. The molecule has 0 aromatic heterocycles. The average Bonchev–Trinajstić information content (AvgIpc) is 2.37. The van der Waals surface area contributed by atoms with Gasteiger partial charge in [0.2, 0.25) is 0 Å². The Morgan fingerprint density at radius 1 is 1.53 bits per heavy atom. The molecule has 1 aromatic rings. The van der Waals surface area contributed by atoms with E-state index in [1.807, 2.05) is 0 Å². The second kappa shape index (κ2) is 6.07. The first kappa shape index (κ1) is 14.6. The van der Waals surface area contributed by atoms with Crippen molar-refractivity contribution in [2.24, 2.45) is 5.73 Å². The first-order valence-corrected chi connectivity index (χ1v) is 6.92. The Kier molecular flexibility index (Phi) is 4.66. The van der Waals surface area contributed by atoms with Crippen molar-refractivity contribution < 1.29 is 9.13 Å². The summed E-state index contributed by atoms with van der Waals surface area (Å²) < 4.78 is 18.8. The molecule has 0 bridgehead atoms. The van der Waals surface area contributed by atoms with Crippen molar-refractivity contribution in [2.45, 2.75) is 37.3 Å². The third-order valence-electron chi connectivity index (χ3n) is 3.80. The maximum Gasteiger partial charge on any atom is 0.126 e. The van der Waals surface area contributed by atoms with Gasteiger partial charge in [0, 0.05) is 24.4 Å². The summed E-state index contributed by atoms with van der Waals surface area (Å²) in [5, 5.41) is 3.74. The Morgan fingerprint density at radius 2 is 2.32 bits per heavy atom. The highest BCUT2D eigenvalue weighted by atomic mass is 35.5. The van der Waals surface area contributed by atoms with Crippen LogP contribution in [0.1, 0.15) is 25.7 Å². The lowest BCUT2D eigenvalue weighted by atomic mass is 9.80. The molecule has 3 nitrogen and oxygen atoms in total. The molecule has 2 unspecified atom stereocenters. The Balaban J connectivity index is 2.17. The van der Waals surface area contributed by atoms with Gasteiger partial charge in [0.05, 0.1) is 11.6 Å². The van der Waals surface area contributed by atoms with Crippen LogP contribution in [-0.2, 0) is 4.74 Å². The first-order valence-electron chi connectivity index (χ1n) is 6.54. The molecule has 1 fully saturated rings. The Morgan fingerprint density at radius 3 is 2.95 bits per heavy atom. The van der Waals surface area contributed by atoms with Gasteiger partial charge in [0.1, 0.15) is 5.82 Å². The van der Waals surface area contributed by atoms with E-state index in [0.717, 1.165) is 25.7 Å². The van der Waals surface area contributed by atoms with Gasteiger partial charge >= 0.3 is 0 Å². The van der Waals surface area contributed by atoms with E-state index in [4.69, 9.17) is 22.1 Å². The molecule has 5 heteroatoms. The number of hydrogen-bond donors (Lipinski definition) is 2. The lowest BCUT2D eigenvalue weighted by Crippen LogP contribution is -2.50. The zero-order chi connectivity index (χ0) is 13.9. The van der Waals surface area contributed by atoms with Crippen LogP contribution < -0.4 is 11.1 Å². The molecule has 0 saturated heterocycles. The number of anilines is 1. The molecule has 106 valence electrons. The molecular weight excluding hydrogens is 267 g/mol. The van der Waals surface area contributed by atoms with Gasteiger partial charge in [0.25, 0.3) is 0 Å². The predicted molar refractivity (Wildman–Crippen MR) is 76.1 cm³/mol. The summed E-state index contributed by atoms with van der Waals surface area (Å²) >= 11 is 5.88. The molecule has 0 spiro atoms. The van der Waals surface area contributed by atoms with Crippen LogP contribution >= 0.6 is 11.6 Å². The van der Waals surface area contributed by atoms with Crippen molar-refractivity contribution in [3.63, 3.8) is 0 Å². The monoisotopic (exact) mass is 286 g/mol. The summed E-state index contributed by atoms with van der Waals surface area (Å²) in [5.74, 6) is -0.346. The molecule has 2 rings (SSSR count). The Hall–Kier alpha value is -0.840. The van der Waals surface area contributed by atoms with Crippen LogP contribution in [0.2, 0.25) is 5.02 Å². The van der Waals surface area contributed by atoms with Gasteiger partial charge in [-0.1, -0.05) is 11.6 Å². The number of nitrogens with two attached hydrogens (primary N) is 1. The van der Waals surface area contributed by atoms with E-state index >= 15 is 0 Å². The highest BCUT2D eigenvalue weighted by Crippen LogP contribution is 2.33. The largest absolute Gasteiger partial charge is 0.381 e. The Labute approximate surface area is 118 Å². The third-order valence-corrected chi connectivity index (χ3v) is 4.01. The number of nitrogens with one attached hydrogen (secondary N) is 1. The second-order valence-corrected chi connectivity index (χ2v) is 5.66. The number of rotatable bonds is 4. The number of hydrogen-bond acceptors (Lipinski definition) is 3. The maximum absolute atomic E-state index is 13.4. The molecule has 1 saturated carbocycles. The fourth-order valence-corrected chi connectivity index (χ4v) is 3.01. The quantitative estimate of drug-likeness (QED) is 0.894. The smallest absolute Gasteiger partial charge is 0.126 e.